The van der Waals surface area contributed by atoms with Gasteiger partial charge in [-0.1, -0.05) is 18.2 Å². The van der Waals surface area contributed by atoms with Crippen molar-refractivity contribution in [1.29, 1.82) is 0 Å². The average Bonchev–Trinajstić information content (AvgIpc) is 3.33. The Bertz CT molecular complexity index is 1260. The number of hydrazone groups is 1. The molecule has 2 heterocycles. The Kier molecular flexibility index (Phi) is 5.57. The molecule has 8 nitrogen and oxygen atoms in total. The van der Waals surface area contributed by atoms with Gasteiger partial charge in [0, 0.05) is 17.5 Å². The Morgan fingerprint density at radius 3 is 2.32 bits per heavy atom. The summed E-state index contributed by atoms with van der Waals surface area (Å²) in [5, 5.41) is 17.4. The Hall–Kier alpha value is -4.07. The van der Waals surface area contributed by atoms with Crippen molar-refractivity contribution < 1.29 is 28.8 Å². The Morgan fingerprint density at radius 1 is 0.882 bits per heavy atom. The second-order valence-corrected chi connectivity index (χ2v) is 7.96. The minimum absolute atomic E-state index is 0.139. The molecule has 176 valence electrons. The lowest BCUT2D eigenvalue weighted by Gasteiger charge is -2.39. The molecule has 2 aliphatic heterocycles. The molecule has 1 N–H and O–H groups in total. The van der Waals surface area contributed by atoms with Crippen LogP contribution < -0.4 is 23.7 Å². The molecule has 0 radical (unpaired) electrons. The molecular weight excluding hydrogens is 436 g/mol. The lowest BCUT2D eigenvalue weighted by atomic mass is 9.95. The lowest BCUT2D eigenvalue weighted by molar-refractivity contribution is -0.0223. The zero-order valence-electron chi connectivity index (χ0n) is 19.4. The minimum atomic E-state index is -0.607. The molecule has 0 fully saturated rings. The van der Waals surface area contributed by atoms with Crippen molar-refractivity contribution in [3.63, 3.8) is 0 Å². The van der Waals surface area contributed by atoms with Gasteiger partial charge in [0.05, 0.1) is 45.8 Å². The van der Waals surface area contributed by atoms with Gasteiger partial charge in [0.1, 0.15) is 11.5 Å². The first kappa shape index (κ1) is 21.8. The van der Waals surface area contributed by atoms with E-state index < -0.39 is 6.23 Å². The van der Waals surface area contributed by atoms with Gasteiger partial charge in [-0.15, -0.1) is 0 Å². The normalized spacial score (nSPS) is 18.4. The summed E-state index contributed by atoms with van der Waals surface area (Å²) in [5.41, 5.74) is 3.07. The average molecular weight is 463 g/mol. The number of para-hydroxylation sites is 2. The van der Waals surface area contributed by atoms with Crippen molar-refractivity contribution in [2.45, 2.75) is 18.7 Å². The van der Waals surface area contributed by atoms with E-state index >= 15 is 0 Å². The van der Waals surface area contributed by atoms with Crippen LogP contribution in [0.5, 0.6) is 34.5 Å². The summed E-state index contributed by atoms with van der Waals surface area (Å²) in [4.78, 5) is 0. The van der Waals surface area contributed by atoms with E-state index in [0.29, 0.717) is 40.7 Å². The minimum Gasteiger partial charge on any atom is -0.507 e. The van der Waals surface area contributed by atoms with Crippen LogP contribution in [-0.4, -0.2) is 44.3 Å². The third-order valence-corrected chi connectivity index (χ3v) is 6.21. The molecule has 0 unspecified atom stereocenters. The van der Waals surface area contributed by atoms with Gasteiger partial charge >= 0.3 is 0 Å². The Balaban J connectivity index is 1.67. The van der Waals surface area contributed by atoms with Crippen molar-refractivity contribution in [1.82, 2.24) is 5.01 Å². The first-order chi connectivity index (χ1) is 16.6. The van der Waals surface area contributed by atoms with E-state index in [1.807, 2.05) is 41.4 Å². The van der Waals surface area contributed by atoms with E-state index in [-0.39, 0.29) is 11.8 Å². The molecule has 0 aliphatic carbocycles. The number of methoxy groups -OCH3 is 4. The molecule has 2 atom stereocenters. The molecule has 0 saturated carbocycles. The fraction of sp³-hybridized carbons (Fsp3) is 0.269. The number of rotatable bonds is 6. The highest BCUT2D eigenvalue weighted by molar-refractivity contribution is 6.04. The molecule has 0 spiro atoms. The van der Waals surface area contributed by atoms with Crippen LogP contribution in [0, 0.1) is 0 Å². The molecule has 8 heteroatoms. The fourth-order valence-electron chi connectivity index (χ4n) is 4.59. The summed E-state index contributed by atoms with van der Waals surface area (Å²) in [7, 11) is 6.42. The molecule has 5 rings (SSSR count). The topological polar surface area (TPSA) is 82.0 Å². The first-order valence-corrected chi connectivity index (χ1v) is 10.9. The summed E-state index contributed by atoms with van der Waals surface area (Å²) >= 11 is 0. The predicted octanol–water partition coefficient (Wildman–Crippen LogP) is 4.67. The molecule has 34 heavy (non-hydrogen) atoms. The summed E-state index contributed by atoms with van der Waals surface area (Å²) in [6, 6.07) is 16.5. The summed E-state index contributed by atoms with van der Waals surface area (Å²) < 4.78 is 28.7. The maximum Gasteiger partial charge on any atom is 0.217 e. The molecule has 0 saturated heterocycles. The lowest BCUT2D eigenvalue weighted by Crippen LogP contribution is -2.34. The quantitative estimate of drug-likeness (QED) is 0.570. The highest BCUT2D eigenvalue weighted by Crippen LogP contribution is 2.52. The molecule has 0 aromatic heterocycles. The van der Waals surface area contributed by atoms with Gasteiger partial charge in [-0.25, -0.2) is 5.01 Å². The number of hydrogen-bond acceptors (Lipinski definition) is 8. The first-order valence-electron chi connectivity index (χ1n) is 10.9. The van der Waals surface area contributed by atoms with Gasteiger partial charge in [-0.05, 0) is 36.4 Å². The summed E-state index contributed by atoms with van der Waals surface area (Å²) in [6.07, 6.45) is -0.0448. The van der Waals surface area contributed by atoms with E-state index in [0.717, 1.165) is 16.8 Å². The number of hydrogen-bond donors (Lipinski definition) is 1. The van der Waals surface area contributed by atoms with Crippen molar-refractivity contribution in [3.05, 3.63) is 71.3 Å². The van der Waals surface area contributed by atoms with Crippen LogP contribution in [0.3, 0.4) is 0 Å². The molecule has 2 aliphatic rings. The zero-order valence-corrected chi connectivity index (χ0v) is 19.4. The van der Waals surface area contributed by atoms with Crippen LogP contribution in [0.25, 0.3) is 0 Å². The van der Waals surface area contributed by atoms with E-state index in [9.17, 15) is 5.11 Å². The fourth-order valence-corrected chi connectivity index (χ4v) is 4.59. The Labute approximate surface area is 197 Å². The molecule has 3 aromatic rings. The second kappa shape index (κ2) is 8.70. The van der Waals surface area contributed by atoms with Crippen LogP contribution in [0.1, 0.15) is 35.4 Å². The molecular formula is C26H26N2O6. The summed E-state index contributed by atoms with van der Waals surface area (Å²) in [5.74, 6) is 3.25. The van der Waals surface area contributed by atoms with Gasteiger partial charge < -0.3 is 28.8 Å². The monoisotopic (exact) mass is 462 g/mol. The SMILES string of the molecule is COc1ccc(O)c(C2=NN3[C@@H](C2)c2cccc(OC)c2O[C@H]3c2cccc(OC)c2OC)c1. The van der Waals surface area contributed by atoms with Crippen molar-refractivity contribution >= 4 is 5.71 Å². The third-order valence-electron chi connectivity index (χ3n) is 6.21. The van der Waals surface area contributed by atoms with Crippen LogP contribution in [-0.2, 0) is 0 Å². The van der Waals surface area contributed by atoms with Crippen molar-refractivity contribution in [3.8, 4) is 34.5 Å². The highest BCUT2D eigenvalue weighted by Gasteiger charge is 2.43. The maximum absolute atomic E-state index is 10.6. The van der Waals surface area contributed by atoms with E-state index in [1.165, 1.54) is 0 Å². The van der Waals surface area contributed by atoms with Gasteiger partial charge in [0.2, 0.25) is 6.23 Å². The van der Waals surface area contributed by atoms with Gasteiger partial charge in [-0.3, -0.25) is 0 Å². The highest BCUT2D eigenvalue weighted by atomic mass is 16.5. The number of phenols is 1. The standard InChI is InChI=1S/C26H26N2O6/c1-30-15-11-12-21(29)18(13-15)19-14-20-16-7-5-10-23(32-3)25(16)34-26(28(20)27-19)17-8-6-9-22(31-2)24(17)33-4/h5-13,20,26,29H,14H2,1-4H3/t20-,26-/m0/s1. The predicted molar refractivity (Wildman–Crippen MR) is 126 cm³/mol. The van der Waals surface area contributed by atoms with E-state index in [1.54, 1.807) is 46.6 Å². The smallest absolute Gasteiger partial charge is 0.217 e. The van der Waals surface area contributed by atoms with E-state index in [4.69, 9.17) is 28.8 Å². The molecule has 0 bridgehead atoms. The number of benzene rings is 3. The number of ether oxygens (including phenoxy) is 5. The molecule has 3 aromatic carbocycles. The second-order valence-electron chi connectivity index (χ2n) is 7.96. The zero-order chi connectivity index (χ0) is 23.8. The van der Waals surface area contributed by atoms with Gasteiger partial charge in [0.25, 0.3) is 0 Å². The maximum atomic E-state index is 10.6. The van der Waals surface area contributed by atoms with E-state index in [2.05, 4.69) is 0 Å². The van der Waals surface area contributed by atoms with Gasteiger partial charge in [0.15, 0.2) is 23.0 Å². The van der Waals surface area contributed by atoms with Crippen LogP contribution in [0.2, 0.25) is 0 Å². The largest absolute Gasteiger partial charge is 0.507 e. The van der Waals surface area contributed by atoms with Crippen molar-refractivity contribution in [2.24, 2.45) is 5.10 Å². The number of phenolic OH excluding ortho intramolecular Hbond substituents is 1. The van der Waals surface area contributed by atoms with Crippen molar-refractivity contribution in [2.75, 3.05) is 28.4 Å². The van der Waals surface area contributed by atoms with Crippen LogP contribution in [0.4, 0.5) is 0 Å². The van der Waals surface area contributed by atoms with Crippen LogP contribution in [0.15, 0.2) is 59.7 Å². The van der Waals surface area contributed by atoms with Gasteiger partial charge in [-0.2, -0.15) is 5.10 Å². The summed E-state index contributed by atoms with van der Waals surface area (Å²) in [6.45, 7) is 0. The number of fused-ring (bicyclic) bond motifs is 3. The Morgan fingerprint density at radius 2 is 1.62 bits per heavy atom. The number of nitrogens with zero attached hydrogens (tertiary/aromatic N) is 2. The number of aromatic hydroxyl groups is 1. The third kappa shape index (κ3) is 3.42. The molecule has 0 amide bonds. The van der Waals surface area contributed by atoms with Crippen LogP contribution >= 0.6 is 0 Å².